The Hall–Kier alpha value is -0.720. The molecular weight excluding hydrogens is 284 g/mol. The Balaban J connectivity index is 2.90. The Morgan fingerprint density at radius 2 is 1.00 bits per heavy atom. The molecule has 0 aromatic carbocycles. The maximum Gasteiger partial charge on any atom is 0.411 e. The molecule has 0 atom stereocenters. The van der Waals surface area contributed by atoms with Gasteiger partial charge < -0.3 is 0 Å². The fourth-order valence-corrected chi connectivity index (χ4v) is 4.18. The van der Waals surface area contributed by atoms with Crippen LogP contribution in [0.2, 0.25) is 0 Å². The summed E-state index contributed by atoms with van der Waals surface area (Å²) >= 11 is 0. The van der Waals surface area contributed by atoms with E-state index in [4.69, 9.17) is 0 Å². The van der Waals surface area contributed by atoms with Crippen molar-refractivity contribution in [3.8, 4) is 0 Å². The Morgan fingerprint density at radius 1 is 0.750 bits per heavy atom. The van der Waals surface area contributed by atoms with Crippen LogP contribution in [-0.2, 0) is 28.6 Å². The number of alkyl halides is 4. The van der Waals surface area contributed by atoms with Gasteiger partial charge >= 0.3 is 32.5 Å². The third-order valence-corrected chi connectivity index (χ3v) is 4.53. The second-order valence-corrected chi connectivity index (χ2v) is 5.73. The lowest BCUT2D eigenvalue weighted by Gasteiger charge is -2.12. The van der Waals surface area contributed by atoms with Gasteiger partial charge in [-0.25, -0.2) is 0 Å². The highest BCUT2D eigenvalue weighted by Crippen LogP contribution is 2.54. The molecule has 2 aliphatic rings. The standard InChI is InChI=1S/C4F4O6S2/c5-3(6)1-2(16(11,12)13-3)4(7,8)14-15(1,9)10. The minimum absolute atomic E-state index is 2.37. The molecule has 0 bridgehead atoms. The van der Waals surface area contributed by atoms with Crippen LogP contribution in [0, 0.1) is 0 Å². The van der Waals surface area contributed by atoms with Crippen LogP contribution < -0.4 is 0 Å². The molecule has 16 heavy (non-hydrogen) atoms. The van der Waals surface area contributed by atoms with Crippen molar-refractivity contribution in [2.45, 2.75) is 12.2 Å². The van der Waals surface area contributed by atoms with Crippen LogP contribution >= 0.6 is 0 Å². The van der Waals surface area contributed by atoms with Gasteiger partial charge in [-0.3, -0.25) is 0 Å². The highest BCUT2D eigenvalue weighted by atomic mass is 32.2. The van der Waals surface area contributed by atoms with Gasteiger partial charge in [-0.05, 0) is 0 Å². The summed E-state index contributed by atoms with van der Waals surface area (Å²) in [6, 6.07) is 0. The molecule has 2 aliphatic heterocycles. The Bertz CT molecular complexity index is 544. The van der Waals surface area contributed by atoms with Crippen molar-refractivity contribution >= 4 is 20.2 Å². The van der Waals surface area contributed by atoms with Crippen LogP contribution in [0.1, 0.15) is 0 Å². The highest BCUT2D eigenvalue weighted by molar-refractivity contribution is 7.96. The average Bonchev–Trinajstić information content (AvgIpc) is 2.23. The lowest BCUT2D eigenvalue weighted by atomic mass is 10.4. The van der Waals surface area contributed by atoms with E-state index in [0.29, 0.717) is 0 Å². The van der Waals surface area contributed by atoms with E-state index in [2.05, 4.69) is 8.37 Å². The van der Waals surface area contributed by atoms with Crippen LogP contribution in [0.25, 0.3) is 0 Å². The predicted molar refractivity (Wildman–Crippen MR) is 36.9 cm³/mol. The first-order valence-electron chi connectivity index (χ1n) is 3.32. The van der Waals surface area contributed by atoms with Crippen LogP contribution in [0.15, 0.2) is 9.81 Å². The van der Waals surface area contributed by atoms with Gasteiger partial charge in [0.1, 0.15) is 0 Å². The summed E-state index contributed by atoms with van der Waals surface area (Å²) < 4.78 is 100. The van der Waals surface area contributed by atoms with Crippen LogP contribution in [0.4, 0.5) is 17.6 Å². The maximum absolute atomic E-state index is 12.8. The first-order chi connectivity index (χ1) is 6.90. The fraction of sp³-hybridized carbons (Fsp3) is 0.500. The van der Waals surface area contributed by atoms with E-state index in [9.17, 15) is 34.4 Å². The largest absolute Gasteiger partial charge is 0.411 e. The lowest BCUT2D eigenvalue weighted by molar-refractivity contribution is -0.131. The molecule has 0 aromatic rings. The summed E-state index contributed by atoms with van der Waals surface area (Å²) in [6.07, 6.45) is -9.76. The number of hydrogen-bond donors (Lipinski definition) is 0. The van der Waals surface area contributed by atoms with E-state index in [1.165, 1.54) is 0 Å². The smallest absolute Gasteiger partial charge is 0.194 e. The van der Waals surface area contributed by atoms with Crippen molar-refractivity contribution in [1.82, 2.24) is 0 Å². The quantitative estimate of drug-likeness (QED) is 0.463. The molecule has 0 unspecified atom stereocenters. The third-order valence-electron chi connectivity index (χ3n) is 1.66. The first kappa shape index (κ1) is 11.8. The van der Waals surface area contributed by atoms with Gasteiger partial charge in [0, 0.05) is 0 Å². The molecule has 0 spiro atoms. The van der Waals surface area contributed by atoms with Crippen molar-refractivity contribution in [3.63, 3.8) is 0 Å². The van der Waals surface area contributed by atoms with Gasteiger partial charge in [0.15, 0.2) is 9.81 Å². The monoisotopic (exact) mass is 284 g/mol. The molecule has 0 saturated heterocycles. The molecule has 2 rings (SSSR count). The van der Waals surface area contributed by atoms with Gasteiger partial charge in [-0.1, -0.05) is 0 Å². The van der Waals surface area contributed by atoms with Crippen LogP contribution in [0.3, 0.4) is 0 Å². The molecular formula is C4F4O6S2. The molecule has 0 aliphatic carbocycles. The molecule has 0 fully saturated rings. The topological polar surface area (TPSA) is 86.7 Å². The molecule has 92 valence electrons. The third kappa shape index (κ3) is 1.30. The SMILES string of the molecule is O=S1(=O)OC(F)(F)C2=C1C(F)(F)OS2(=O)=O. The molecule has 0 radical (unpaired) electrons. The van der Waals surface area contributed by atoms with Crippen LogP contribution in [0.5, 0.6) is 0 Å². The summed E-state index contributed by atoms with van der Waals surface area (Å²) in [6.45, 7) is 0. The first-order valence-corrected chi connectivity index (χ1v) is 6.14. The Morgan fingerprint density at radius 3 is 1.25 bits per heavy atom. The summed E-state index contributed by atoms with van der Waals surface area (Å²) in [4.78, 5) is -4.74. The van der Waals surface area contributed by atoms with Gasteiger partial charge in [0.05, 0.1) is 0 Å². The molecule has 0 amide bonds. The van der Waals surface area contributed by atoms with E-state index in [0.717, 1.165) is 0 Å². The zero-order chi connectivity index (χ0) is 12.6. The predicted octanol–water partition coefficient (Wildman–Crippen LogP) is 0.104. The van der Waals surface area contributed by atoms with Crippen molar-refractivity contribution in [3.05, 3.63) is 9.81 Å². The summed E-state index contributed by atoms with van der Waals surface area (Å²) in [7, 11) is -11.1. The molecule has 12 heteroatoms. The maximum atomic E-state index is 12.8. The number of halogens is 4. The number of hydrogen-bond acceptors (Lipinski definition) is 6. The molecule has 0 N–H and O–H groups in total. The van der Waals surface area contributed by atoms with E-state index in [1.54, 1.807) is 0 Å². The van der Waals surface area contributed by atoms with Crippen molar-refractivity contribution in [2.24, 2.45) is 0 Å². The fourth-order valence-electron chi connectivity index (χ4n) is 1.22. The van der Waals surface area contributed by atoms with Crippen LogP contribution in [-0.4, -0.2) is 29.1 Å². The van der Waals surface area contributed by atoms with Crippen molar-refractivity contribution in [2.75, 3.05) is 0 Å². The van der Waals surface area contributed by atoms with Crippen molar-refractivity contribution in [1.29, 1.82) is 0 Å². The van der Waals surface area contributed by atoms with Crippen molar-refractivity contribution < 1.29 is 42.8 Å². The molecule has 2 heterocycles. The van der Waals surface area contributed by atoms with E-state index in [-0.39, 0.29) is 0 Å². The molecule has 0 saturated carbocycles. The normalized spacial score (nSPS) is 32.8. The minimum atomic E-state index is -5.53. The lowest BCUT2D eigenvalue weighted by Crippen LogP contribution is -2.29. The van der Waals surface area contributed by atoms with Gasteiger partial charge in [0.2, 0.25) is 0 Å². The summed E-state index contributed by atoms with van der Waals surface area (Å²) in [5.41, 5.74) is 0. The zero-order valence-corrected chi connectivity index (χ0v) is 8.41. The van der Waals surface area contributed by atoms with E-state index >= 15 is 0 Å². The summed E-state index contributed by atoms with van der Waals surface area (Å²) in [5.74, 6) is 0. The summed E-state index contributed by atoms with van der Waals surface area (Å²) in [5, 5.41) is 0. The second-order valence-electron chi connectivity index (χ2n) is 2.77. The van der Waals surface area contributed by atoms with E-state index in [1.807, 2.05) is 0 Å². The Kier molecular flexibility index (Phi) is 1.89. The second kappa shape index (κ2) is 2.57. The minimum Gasteiger partial charge on any atom is -0.194 e. The van der Waals surface area contributed by atoms with Gasteiger partial charge in [-0.15, -0.1) is 0 Å². The van der Waals surface area contributed by atoms with E-state index < -0.39 is 42.3 Å². The average molecular weight is 284 g/mol. The highest BCUT2D eigenvalue weighted by Gasteiger charge is 2.72. The zero-order valence-electron chi connectivity index (χ0n) is 6.78. The van der Waals surface area contributed by atoms with Gasteiger partial charge in [-0.2, -0.15) is 42.8 Å². The Labute approximate surface area is 85.7 Å². The number of rotatable bonds is 0. The molecule has 0 aromatic heterocycles. The van der Waals surface area contributed by atoms with Gasteiger partial charge in [0.25, 0.3) is 0 Å². The molecule has 6 nitrogen and oxygen atoms in total.